The molecule has 30 heavy (non-hydrogen) atoms. The number of amides is 1. The van der Waals surface area contributed by atoms with Crippen LogP contribution in [0.25, 0.3) is 0 Å². The number of hydrogen-bond donors (Lipinski definition) is 2. The van der Waals surface area contributed by atoms with E-state index in [-0.39, 0.29) is 27.6 Å². The van der Waals surface area contributed by atoms with E-state index in [0.29, 0.717) is 5.56 Å². The average Bonchev–Trinajstić information content (AvgIpc) is 2.88. The van der Waals surface area contributed by atoms with Crippen molar-refractivity contribution < 1.29 is 23.5 Å². The molecule has 0 saturated heterocycles. The van der Waals surface area contributed by atoms with E-state index >= 15 is 0 Å². The van der Waals surface area contributed by atoms with Gasteiger partial charge in [0.1, 0.15) is 16.4 Å². The minimum atomic E-state index is -1.15. The number of benzene rings is 1. The van der Waals surface area contributed by atoms with Crippen LogP contribution in [0.1, 0.15) is 53.6 Å². The zero-order valence-electron chi connectivity index (χ0n) is 17.4. The molecule has 3 N–H and O–H groups in total. The van der Waals surface area contributed by atoms with Crippen LogP contribution in [0.3, 0.4) is 0 Å². The monoisotopic (exact) mass is 454 g/mol. The summed E-state index contributed by atoms with van der Waals surface area (Å²) in [5, 5.41) is 2.82. The van der Waals surface area contributed by atoms with Crippen LogP contribution >= 0.6 is 22.9 Å². The van der Waals surface area contributed by atoms with Gasteiger partial charge in [-0.25, -0.2) is 4.39 Å². The van der Waals surface area contributed by atoms with Gasteiger partial charge < -0.3 is 15.8 Å². The topological polar surface area (TPSA) is 98.5 Å². The number of nitrogens with one attached hydrogen (secondary N) is 1. The van der Waals surface area contributed by atoms with Crippen LogP contribution in [0.5, 0.6) is 0 Å². The highest BCUT2D eigenvalue weighted by Crippen LogP contribution is 2.34. The third kappa shape index (κ3) is 5.87. The first-order valence-corrected chi connectivity index (χ1v) is 10.4. The van der Waals surface area contributed by atoms with Crippen LogP contribution in [0.2, 0.25) is 5.02 Å². The van der Waals surface area contributed by atoms with Crippen molar-refractivity contribution in [2.24, 2.45) is 5.73 Å². The van der Waals surface area contributed by atoms with Crippen molar-refractivity contribution in [3.05, 3.63) is 50.6 Å². The Labute approximate surface area is 183 Å². The Kier molecular flexibility index (Phi) is 7.39. The van der Waals surface area contributed by atoms with Gasteiger partial charge in [0.2, 0.25) is 5.91 Å². The molecule has 2 aromatic rings. The fourth-order valence-corrected chi connectivity index (χ4v) is 3.81. The Morgan fingerprint density at radius 1 is 1.27 bits per heavy atom. The molecule has 0 spiro atoms. The van der Waals surface area contributed by atoms with Crippen LogP contribution in [0.15, 0.2) is 18.2 Å². The molecule has 1 unspecified atom stereocenters. The summed E-state index contributed by atoms with van der Waals surface area (Å²) in [6, 6.07) is 2.61. The van der Waals surface area contributed by atoms with E-state index in [1.807, 2.05) is 0 Å². The molecule has 0 saturated carbocycles. The Balaban J connectivity index is 2.23. The van der Waals surface area contributed by atoms with Crippen molar-refractivity contribution in [3.8, 4) is 0 Å². The van der Waals surface area contributed by atoms with E-state index in [2.05, 4.69) is 5.32 Å². The summed E-state index contributed by atoms with van der Waals surface area (Å²) in [6.07, 6.45) is -0.307. The smallest absolute Gasteiger partial charge is 0.308 e. The Morgan fingerprint density at radius 3 is 2.47 bits per heavy atom. The first kappa shape index (κ1) is 24.0. The first-order chi connectivity index (χ1) is 13.8. The summed E-state index contributed by atoms with van der Waals surface area (Å²) in [6.45, 7) is 8.68. The first-order valence-electron chi connectivity index (χ1n) is 9.18. The summed E-state index contributed by atoms with van der Waals surface area (Å²) < 4.78 is 19.0. The third-order valence-corrected chi connectivity index (χ3v) is 5.60. The van der Waals surface area contributed by atoms with Gasteiger partial charge in [-0.3, -0.25) is 14.4 Å². The van der Waals surface area contributed by atoms with Crippen molar-refractivity contribution in [3.63, 3.8) is 0 Å². The molecule has 0 aliphatic carbocycles. The number of esters is 1. The minimum Gasteiger partial charge on any atom is -0.460 e. The lowest BCUT2D eigenvalue weighted by atomic mass is 10.0. The number of hydrogen-bond acceptors (Lipinski definition) is 6. The van der Waals surface area contributed by atoms with Crippen LogP contribution in [-0.4, -0.2) is 29.3 Å². The summed E-state index contributed by atoms with van der Waals surface area (Å²) in [5.41, 5.74) is 6.17. The van der Waals surface area contributed by atoms with Crippen molar-refractivity contribution in [1.29, 1.82) is 0 Å². The normalized spacial score (nSPS) is 12.4. The predicted octanol–water partition coefficient (Wildman–Crippen LogP) is 4.39. The minimum absolute atomic E-state index is 0.0913. The van der Waals surface area contributed by atoms with Gasteiger partial charge in [0.05, 0.1) is 23.0 Å². The predicted molar refractivity (Wildman–Crippen MR) is 116 cm³/mol. The molecule has 2 rings (SSSR count). The molecule has 1 aromatic heterocycles. The highest BCUT2D eigenvalue weighted by Gasteiger charge is 2.26. The van der Waals surface area contributed by atoms with Gasteiger partial charge in [0.25, 0.3) is 0 Å². The maximum Gasteiger partial charge on any atom is 0.308 e. The molecular weight excluding hydrogens is 431 g/mol. The number of nitrogens with two attached hydrogens (primary N) is 1. The van der Waals surface area contributed by atoms with Crippen LogP contribution in [-0.2, 0) is 14.3 Å². The zero-order valence-corrected chi connectivity index (χ0v) is 19.0. The highest BCUT2D eigenvalue weighted by molar-refractivity contribution is 7.16. The molecule has 1 aromatic carbocycles. The molecule has 0 aliphatic heterocycles. The maximum absolute atomic E-state index is 13.8. The van der Waals surface area contributed by atoms with E-state index in [1.54, 1.807) is 34.6 Å². The number of ketones is 1. The lowest BCUT2D eigenvalue weighted by Crippen LogP contribution is -2.39. The van der Waals surface area contributed by atoms with Crippen molar-refractivity contribution in [1.82, 2.24) is 0 Å². The second-order valence-corrected chi connectivity index (χ2v) is 9.46. The van der Waals surface area contributed by atoms with Gasteiger partial charge in [-0.2, -0.15) is 0 Å². The van der Waals surface area contributed by atoms with Crippen LogP contribution in [0.4, 0.5) is 9.39 Å². The maximum atomic E-state index is 13.8. The fourth-order valence-electron chi connectivity index (χ4n) is 2.63. The molecule has 6 nitrogen and oxygen atoms in total. The van der Waals surface area contributed by atoms with Gasteiger partial charge >= 0.3 is 5.97 Å². The van der Waals surface area contributed by atoms with E-state index in [0.717, 1.165) is 10.9 Å². The number of aryl methyl sites for hydroxylation is 1. The lowest BCUT2D eigenvalue weighted by Gasteiger charge is -2.20. The molecule has 0 bridgehead atoms. The number of thiophene rings is 1. The fraction of sp³-hybridized carbons (Fsp3) is 0.381. The van der Waals surface area contributed by atoms with Gasteiger partial charge in [-0.05, 0) is 58.4 Å². The molecule has 0 radical (unpaired) electrons. The number of anilines is 1. The second kappa shape index (κ2) is 9.24. The Hall–Kier alpha value is -2.29. The molecule has 162 valence electrons. The summed E-state index contributed by atoms with van der Waals surface area (Å²) in [7, 11) is 0. The quantitative estimate of drug-likeness (QED) is 0.498. The van der Waals surface area contributed by atoms with Gasteiger partial charge in [0, 0.05) is 10.4 Å². The standard InChI is InChI=1S/C21H24ClFN2O4S/c1-10-11(2)30-20(17(10)18(27)12-6-7-13(22)14(23)8-12)25-19(28)15(24)9-16(26)29-21(3,4)5/h6-8,15H,9,24H2,1-5H3,(H,25,28). The van der Waals surface area contributed by atoms with Gasteiger partial charge in [-0.15, -0.1) is 11.3 Å². The summed E-state index contributed by atoms with van der Waals surface area (Å²) in [5.74, 6) is -2.39. The van der Waals surface area contributed by atoms with Crippen molar-refractivity contribution >= 4 is 45.6 Å². The van der Waals surface area contributed by atoms with E-state index in [9.17, 15) is 18.8 Å². The molecular formula is C21H24ClFN2O4S. The molecule has 0 aliphatic rings. The van der Waals surface area contributed by atoms with Gasteiger partial charge in [0.15, 0.2) is 5.78 Å². The zero-order chi connectivity index (χ0) is 22.8. The largest absolute Gasteiger partial charge is 0.460 e. The van der Waals surface area contributed by atoms with E-state index in [4.69, 9.17) is 22.1 Å². The molecule has 1 heterocycles. The number of halogens is 2. The van der Waals surface area contributed by atoms with Crippen molar-refractivity contribution in [2.45, 2.75) is 52.7 Å². The Morgan fingerprint density at radius 2 is 1.90 bits per heavy atom. The van der Waals surface area contributed by atoms with Crippen LogP contribution in [0, 0.1) is 19.7 Å². The molecule has 9 heteroatoms. The third-order valence-electron chi connectivity index (χ3n) is 4.17. The molecule has 0 fully saturated rings. The molecule has 1 amide bonds. The second-order valence-electron chi connectivity index (χ2n) is 7.83. The molecule has 1 atom stereocenters. The summed E-state index contributed by atoms with van der Waals surface area (Å²) >= 11 is 6.89. The number of rotatable bonds is 6. The van der Waals surface area contributed by atoms with Crippen molar-refractivity contribution in [2.75, 3.05) is 5.32 Å². The highest BCUT2D eigenvalue weighted by atomic mass is 35.5. The van der Waals surface area contributed by atoms with E-state index < -0.39 is 35.1 Å². The van der Waals surface area contributed by atoms with Crippen LogP contribution < -0.4 is 11.1 Å². The van der Waals surface area contributed by atoms with Gasteiger partial charge in [-0.1, -0.05) is 11.6 Å². The Bertz CT molecular complexity index is 998. The number of carbonyl (C=O) groups is 3. The lowest BCUT2D eigenvalue weighted by molar-refractivity contribution is -0.155. The SMILES string of the molecule is Cc1sc(NC(=O)C(N)CC(=O)OC(C)(C)C)c(C(=O)c2ccc(Cl)c(F)c2)c1C. The van der Waals surface area contributed by atoms with E-state index in [1.165, 1.54) is 23.5 Å². The summed E-state index contributed by atoms with van der Waals surface area (Å²) in [4.78, 5) is 38.2. The number of ether oxygens (including phenoxy) is 1. The average molecular weight is 455 g/mol. The number of carbonyl (C=O) groups excluding carboxylic acids is 3.